The molecule has 0 aromatic carbocycles. The number of rotatable bonds is 6. The van der Waals surface area contributed by atoms with E-state index in [1.54, 1.807) is 0 Å². The highest BCUT2D eigenvalue weighted by Crippen LogP contribution is 2.17. The fourth-order valence-electron chi connectivity index (χ4n) is 2.94. The average molecular weight is 308 g/mol. The Labute approximate surface area is 130 Å². The summed E-state index contributed by atoms with van der Waals surface area (Å²) >= 11 is 0. The van der Waals surface area contributed by atoms with Gasteiger partial charge in [-0.25, -0.2) is 4.57 Å². The number of hydrogen-bond acceptors (Lipinski definition) is 4. The van der Waals surface area contributed by atoms with Gasteiger partial charge in [-0.3, -0.25) is 4.79 Å². The summed E-state index contributed by atoms with van der Waals surface area (Å²) in [5, 5.41) is 17.0. The van der Waals surface area contributed by atoms with Gasteiger partial charge in [-0.2, -0.15) is 0 Å². The van der Waals surface area contributed by atoms with Crippen LogP contribution in [0.15, 0.2) is 12.1 Å². The lowest BCUT2D eigenvalue weighted by atomic mass is 10.1. The minimum atomic E-state index is -0.496. The van der Waals surface area contributed by atoms with Crippen LogP contribution in [0.4, 0.5) is 5.82 Å². The molecule has 1 fully saturated rings. The first-order chi connectivity index (χ1) is 10.6. The predicted octanol–water partition coefficient (Wildman–Crippen LogP) is 1.98. The van der Waals surface area contributed by atoms with Crippen LogP contribution in [0.2, 0.25) is 0 Å². The summed E-state index contributed by atoms with van der Waals surface area (Å²) in [7, 11) is 1.52. The standard InChI is InChI=1S/C15H24N4O3/c1-18-13(8-9-14(18)19(21)22)15(20)17-11-10-16-12-6-4-2-3-5-7-12/h8-9,12,16H,2-7,10-11H2,1H3,(H,17,20). The molecule has 0 spiro atoms. The molecule has 1 amide bonds. The summed E-state index contributed by atoms with van der Waals surface area (Å²) in [4.78, 5) is 22.3. The molecule has 0 saturated heterocycles. The molecule has 2 N–H and O–H groups in total. The van der Waals surface area contributed by atoms with Crippen molar-refractivity contribution in [3.63, 3.8) is 0 Å². The van der Waals surface area contributed by atoms with E-state index < -0.39 is 4.92 Å². The summed E-state index contributed by atoms with van der Waals surface area (Å²) in [5.74, 6) is -0.361. The molecule has 0 aliphatic heterocycles. The molecule has 1 aliphatic carbocycles. The minimum Gasteiger partial charge on any atom is -0.358 e. The van der Waals surface area contributed by atoms with Gasteiger partial charge in [0.25, 0.3) is 5.91 Å². The Morgan fingerprint density at radius 1 is 1.27 bits per heavy atom. The zero-order chi connectivity index (χ0) is 15.9. The van der Waals surface area contributed by atoms with Crippen LogP contribution >= 0.6 is 0 Å². The van der Waals surface area contributed by atoms with Crippen molar-refractivity contribution in [1.82, 2.24) is 15.2 Å². The molecule has 0 atom stereocenters. The maximum atomic E-state index is 12.0. The molecule has 2 rings (SSSR count). The lowest BCUT2D eigenvalue weighted by Crippen LogP contribution is -2.37. The summed E-state index contributed by atoms with van der Waals surface area (Å²) < 4.78 is 1.30. The molecule has 0 bridgehead atoms. The Bertz CT molecular complexity index is 519. The topological polar surface area (TPSA) is 89.2 Å². The van der Waals surface area contributed by atoms with Gasteiger partial charge in [0.15, 0.2) is 5.69 Å². The quantitative estimate of drug-likeness (QED) is 0.364. The first-order valence-corrected chi connectivity index (χ1v) is 7.91. The largest absolute Gasteiger partial charge is 0.358 e. The zero-order valence-corrected chi connectivity index (χ0v) is 13.0. The van der Waals surface area contributed by atoms with Crippen molar-refractivity contribution in [2.75, 3.05) is 13.1 Å². The van der Waals surface area contributed by atoms with E-state index in [0.29, 0.717) is 18.3 Å². The van der Waals surface area contributed by atoms with Crippen molar-refractivity contribution in [1.29, 1.82) is 0 Å². The summed E-state index contributed by atoms with van der Waals surface area (Å²) in [6.07, 6.45) is 7.60. The number of nitrogens with one attached hydrogen (secondary N) is 2. The van der Waals surface area contributed by atoms with E-state index in [9.17, 15) is 14.9 Å². The molecule has 1 aromatic heterocycles. The van der Waals surface area contributed by atoms with Crippen molar-refractivity contribution >= 4 is 11.7 Å². The third kappa shape index (κ3) is 4.30. The van der Waals surface area contributed by atoms with Crippen LogP contribution in [0.25, 0.3) is 0 Å². The molecule has 1 aliphatic rings. The molecule has 1 heterocycles. The first kappa shape index (κ1) is 16.5. The minimum absolute atomic E-state index is 0.0817. The van der Waals surface area contributed by atoms with Crippen molar-refractivity contribution in [3.05, 3.63) is 27.9 Å². The Morgan fingerprint density at radius 3 is 2.55 bits per heavy atom. The molecule has 7 heteroatoms. The van der Waals surface area contributed by atoms with Gasteiger partial charge in [0.1, 0.15) is 0 Å². The molecule has 1 saturated carbocycles. The van der Waals surface area contributed by atoms with Gasteiger partial charge in [0.05, 0.1) is 7.05 Å². The maximum Gasteiger partial charge on any atom is 0.323 e. The third-order valence-electron chi connectivity index (χ3n) is 4.21. The highest BCUT2D eigenvalue weighted by Gasteiger charge is 2.20. The highest BCUT2D eigenvalue weighted by atomic mass is 16.6. The van der Waals surface area contributed by atoms with Gasteiger partial charge in [0.2, 0.25) is 0 Å². The van der Waals surface area contributed by atoms with Gasteiger partial charge < -0.3 is 20.7 Å². The number of nitrogens with zero attached hydrogens (tertiary/aromatic N) is 2. The van der Waals surface area contributed by atoms with Gasteiger partial charge in [-0.15, -0.1) is 0 Å². The van der Waals surface area contributed by atoms with Crippen LogP contribution in [0, 0.1) is 10.1 Å². The van der Waals surface area contributed by atoms with E-state index in [4.69, 9.17) is 0 Å². The second-order valence-electron chi connectivity index (χ2n) is 5.79. The Morgan fingerprint density at radius 2 is 1.95 bits per heavy atom. The molecule has 0 unspecified atom stereocenters. The SMILES string of the molecule is Cn1c(C(=O)NCCNC2CCCCCC2)ccc1[N+](=O)[O-]. The lowest BCUT2D eigenvalue weighted by molar-refractivity contribution is -0.391. The number of aromatic nitrogens is 1. The zero-order valence-electron chi connectivity index (χ0n) is 13.0. The van der Waals surface area contributed by atoms with Crippen LogP contribution in [0.1, 0.15) is 49.0 Å². The molecular weight excluding hydrogens is 284 g/mol. The molecule has 122 valence electrons. The Hall–Kier alpha value is -1.89. The number of hydrogen-bond donors (Lipinski definition) is 2. The maximum absolute atomic E-state index is 12.0. The second-order valence-corrected chi connectivity index (χ2v) is 5.79. The van der Waals surface area contributed by atoms with E-state index in [2.05, 4.69) is 10.6 Å². The first-order valence-electron chi connectivity index (χ1n) is 7.91. The molecule has 7 nitrogen and oxygen atoms in total. The van der Waals surface area contributed by atoms with E-state index in [0.717, 1.165) is 6.54 Å². The van der Waals surface area contributed by atoms with E-state index in [1.807, 2.05) is 0 Å². The second kappa shape index (κ2) is 7.93. The average Bonchev–Trinajstić information content (AvgIpc) is 2.71. The van der Waals surface area contributed by atoms with Crippen LogP contribution in [0.3, 0.4) is 0 Å². The van der Waals surface area contributed by atoms with Gasteiger partial charge in [-0.05, 0) is 23.8 Å². The number of amides is 1. The summed E-state index contributed by atoms with van der Waals surface area (Å²) in [5.41, 5.74) is 0.307. The molecule has 1 aromatic rings. The van der Waals surface area contributed by atoms with Crippen LogP contribution in [-0.4, -0.2) is 34.5 Å². The monoisotopic (exact) mass is 308 g/mol. The van der Waals surface area contributed by atoms with Gasteiger partial charge in [0, 0.05) is 25.2 Å². The normalized spacial score (nSPS) is 16.2. The van der Waals surface area contributed by atoms with Crippen LogP contribution in [-0.2, 0) is 7.05 Å². The fraction of sp³-hybridized carbons (Fsp3) is 0.667. The summed E-state index contributed by atoms with van der Waals surface area (Å²) in [6, 6.07) is 3.38. The predicted molar refractivity (Wildman–Crippen MR) is 83.9 cm³/mol. The summed E-state index contributed by atoms with van der Waals surface area (Å²) in [6.45, 7) is 1.25. The van der Waals surface area contributed by atoms with E-state index in [1.165, 1.54) is 62.3 Å². The molecule has 0 radical (unpaired) electrons. The van der Waals surface area contributed by atoms with Gasteiger partial charge >= 0.3 is 5.82 Å². The number of carbonyl (C=O) groups is 1. The number of nitro groups is 1. The Kier molecular flexibility index (Phi) is 5.94. The molecular formula is C15H24N4O3. The van der Waals surface area contributed by atoms with Gasteiger partial charge in [-0.1, -0.05) is 25.7 Å². The smallest absolute Gasteiger partial charge is 0.323 e. The van der Waals surface area contributed by atoms with E-state index >= 15 is 0 Å². The van der Waals surface area contributed by atoms with Crippen molar-refractivity contribution in [2.24, 2.45) is 7.05 Å². The van der Waals surface area contributed by atoms with Crippen LogP contribution < -0.4 is 10.6 Å². The van der Waals surface area contributed by atoms with Crippen molar-refractivity contribution < 1.29 is 9.72 Å². The lowest BCUT2D eigenvalue weighted by Gasteiger charge is -2.16. The van der Waals surface area contributed by atoms with Crippen molar-refractivity contribution in [3.8, 4) is 0 Å². The highest BCUT2D eigenvalue weighted by molar-refractivity contribution is 5.93. The van der Waals surface area contributed by atoms with E-state index in [-0.39, 0.29) is 11.7 Å². The van der Waals surface area contributed by atoms with Crippen molar-refractivity contribution in [2.45, 2.75) is 44.6 Å². The van der Waals surface area contributed by atoms with Crippen LogP contribution in [0.5, 0.6) is 0 Å². The Balaban J connectivity index is 1.74. The fourth-order valence-corrected chi connectivity index (χ4v) is 2.94. The molecule has 22 heavy (non-hydrogen) atoms. The number of carbonyl (C=O) groups excluding carboxylic acids is 1. The third-order valence-corrected chi connectivity index (χ3v) is 4.21.